The Labute approximate surface area is 118 Å². The van der Waals surface area contributed by atoms with Gasteiger partial charge in [-0.15, -0.1) is 0 Å². The van der Waals surface area contributed by atoms with Gasteiger partial charge in [0, 0.05) is 12.6 Å². The van der Waals surface area contributed by atoms with Crippen LogP contribution in [0.15, 0.2) is 0 Å². The Morgan fingerprint density at radius 2 is 2.11 bits per heavy atom. The van der Waals surface area contributed by atoms with E-state index in [1.54, 1.807) is 0 Å². The summed E-state index contributed by atoms with van der Waals surface area (Å²) in [6, 6.07) is 0.133. The number of unbranched alkanes of at least 4 members (excludes halogenated alkanes) is 3. The molecule has 0 bridgehead atoms. The summed E-state index contributed by atoms with van der Waals surface area (Å²) in [7, 11) is -2.77. The van der Waals surface area contributed by atoms with Crippen molar-refractivity contribution in [3.63, 3.8) is 0 Å². The lowest BCUT2D eigenvalue weighted by Crippen LogP contribution is -2.33. The van der Waals surface area contributed by atoms with Gasteiger partial charge in [-0.05, 0) is 19.8 Å². The zero-order valence-corrected chi connectivity index (χ0v) is 13.2. The maximum absolute atomic E-state index is 11.3. The van der Waals surface area contributed by atoms with Crippen LogP contribution in [-0.4, -0.2) is 45.2 Å². The Bertz CT molecular complexity index is 330. The molecule has 1 rings (SSSR count). The minimum atomic E-state index is -2.77. The molecule has 5 heteroatoms. The highest BCUT2D eigenvalue weighted by atomic mass is 32.2. The maximum Gasteiger partial charge on any atom is 0.151 e. The van der Waals surface area contributed by atoms with Crippen LogP contribution in [0.5, 0.6) is 0 Å². The van der Waals surface area contributed by atoms with Crippen LogP contribution in [0.1, 0.15) is 52.4 Å². The monoisotopic (exact) mass is 291 g/mol. The summed E-state index contributed by atoms with van der Waals surface area (Å²) < 4.78 is 28.3. The Morgan fingerprint density at radius 3 is 2.74 bits per heavy atom. The van der Waals surface area contributed by atoms with Gasteiger partial charge in [0.2, 0.25) is 0 Å². The molecule has 0 aromatic rings. The highest BCUT2D eigenvalue weighted by molar-refractivity contribution is 7.91. The predicted molar refractivity (Wildman–Crippen MR) is 79.2 cm³/mol. The smallest absolute Gasteiger partial charge is 0.151 e. The van der Waals surface area contributed by atoms with Crippen molar-refractivity contribution in [1.29, 1.82) is 0 Å². The fraction of sp³-hybridized carbons (Fsp3) is 1.00. The van der Waals surface area contributed by atoms with Crippen molar-refractivity contribution in [3.8, 4) is 0 Å². The molecule has 0 saturated carbocycles. The first kappa shape index (κ1) is 16.9. The van der Waals surface area contributed by atoms with E-state index in [0.717, 1.165) is 19.4 Å². The van der Waals surface area contributed by atoms with E-state index in [4.69, 9.17) is 4.74 Å². The van der Waals surface area contributed by atoms with Crippen LogP contribution in [0.3, 0.4) is 0 Å². The Morgan fingerprint density at radius 1 is 1.32 bits per heavy atom. The largest absolute Gasteiger partial charge is 0.377 e. The first-order valence-corrected chi connectivity index (χ1v) is 9.41. The van der Waals surface area contributed by atoms with Crippen LogP contribution >= 0.6 is 0 Å². The normalized spacial score (nSPS) is 23.6. The molecular weight excluding hydrogens is 262 g/mol. The molecule has 1 saturated heterocycles. The molecule has 0 aromatic heterocycles. The fourth-order valence-electron chi connectivity index (χ4n) is 2.42. The fourth-order valence-corrected chi connectivity index (χ4v) is 4.13. The van der Waals surface area contributed by atoms with Crippen molar-refractivity contribution in [2.45, 2.75) is 64.5 Å². The molecule has 2 unspecified atom stereocenters. The molecule has 1 N–H and O–H groups in total. The molecule has 1 aliphatic heterocycles. The molecule has 114 valence electrons. The van der Waals surface area contributed by atoms with Gasteiger partial charge in [0.15, 0.2) is 9.84 Å². The van der Waals surface area contributed by atoms with Crippen LogP contribution in [0.2, 0.25) is 0 Å². The molecule has 0 aromatic carbocycles. The van der Waals surface area contributed by atoms with Crippen molar-refractivity contribution < 1.29 is 13.2 Å². The summed E-state index contributed by atoms with van der Waals surface area (Å²) in [5.74, 6) is 0.624. The maximum atomic E-state index is 11.3. The molecule has 0 amide bonds. The molecule has 2 atom stereocenters. The topological polar surface area (TPSA) is 55.4 Å². The standard InChI is InChI=1S/C14H29NO3S/c1-3-4-5-6-7-13(2)18-10-9-15-14-8-11-19(16,17)12-14/h13-15H,3-12H2,1-2H3. The molecule has 1 fully saturated rings. The van der Waals surface area contributed by atoms with E-state index in [1.165, 1.54) is 25.7 Å². The second kappa shape index (κ2) is 8.93. The van der Waals surface area contributed by atoms with Gasteiger partial charge in [-0.25, -0.2) is 8.42 Å². The average molecular weight is 291 g/mol. The van der Waals surface area contributed by atoms with Crippen LogP contribution < -0.4 is 5.32 Å². The minimum Gasteiger partial charge on any atom is -0.377 e. The van der Waals surface area contributed by atoms with Crippen molar-refractivity contribution >= 4 is 9.84 Å². The summed E-state index contributed by atoms with van der Waals surface area (Å²) in [4.78, 5) is 0. The summed E-state index contributed by atoms with van der Waals surface area (Å²) in [5.41, 5.74) is 0. The third-order valence-corrected chi connectivity index (χ3v) is 5.40. The van der Waals surface area contributed by atoms with Crippen LogP contribution in [0, 0.1) is 0 Å². The van der Waals surface area contributed by atoms with Gasteiger partial charge in [0.1, 0.15) is 0 Å². The number of rotatable bonds is 10. The second-order valence-corrected chi connectivity index (χ2v) is 7.81. The average Bonchev–Trinajstić information content (AvgIpc) is 2.70. The summed E-state index contributed by atoms with van der Waals surface area (Å²) in [6.07, 6.45) is 7.29. The van der Waals surface area contributed by atoms with E-state index < -0.39 is 9.84 Å². The van der Waals surface area contributed by atoms with Crippen molar-refractivity contribution in [2.75, 3.05) is 24.7 Å². The summed E-state index contributed by atoms with van der Waals surface area (Å²) in [6.45, 7) is 5.76. The van der Waals surface area contributed by atoms with E-state index in [1.807, 2.05) is 0 Å². The third kappa shape index (κ3) is 7.90. The highest BCUT2D eigenvalue weighted by Crippen LogP contribution is 2.11. The Balaban J connectivity index is 1.95. The molecule has 0 spiro atoms. The van der Waals surface area contributed by atoms with Crippen LogP contribution in [0.4, 0.5) is 0 Å². The van der Waals surface area contributed by atoms with Gasteiger partial charge in [0.25, 0.3) is 0 Å². The molecule has 0 radical (unpaired) electrons. The van der Waals surface area contributed by atoms with E-state index in [0.29, 0.717) is 24.2 Å². The lowest BCUT2D eigenvalue weighted by Gasteiger charge is -2.15. The number of hydrogen-bond acceptors (Lipinski definition) is 4. The third-order valence-electron chi connectivity index (χ3n) is 3.63. The van der Waals surface area contributed by atoms with E-state index in [9.17, 15) is 8.42 Å². The summed E-state index contributed by atoms with van der Waals surface area (Å²) >= 11 is 0. The van der Waals surface area contributed by atoms with Crippen molar-refractivity contribution in [2.24, 2.45) is 0 Å². The molecule has 4 nitrogen and oxygen atoms in total. The first-order chi connectivity index (χ1) is 9.03. The van der Waals surface area contributed by atoms with Crippen molar-refractivity contribution in [1.82, 2.24) is 5.32 Å². The Hall–Kier alpha value is -0.130. The quantitative estimate of drug-likeness (QED) is 0.627. The molecule has 1 aliphatic rings. The Kier molecular flexibility index (Phi) is 7.95. The van der Waals surface area contributed by atoms with Gasteiger partial charge < -0.3 is 10.1 Å². The van der Waals surface area contributed by atoms with Gasteiger partial charge in [-0.2, -0.15) is 0 Å². The molecular formula is C14H29NO3S. The van der Waals surface area contributed by atoms with Gasteiger partial charge in [-0.3, -0.25) is 0 Å². The highest BCUT2D eigenvalue weighted by Gasteiger charge is 2.26. The van der Waals surface area contributed by atoms with Crippen molar-refractivity contribution in [3.05, 3.63) is 0 Å². The zero-order valence-electron chi connectivity index (χ0n) is 12.4. The van der Waals surface area contributed by atoms with E-state index in [-0.39, 0.29) is 6.04 Å². The van der Waals surface area contributed by atoms with Gasteiger partial charge in [-0.1, -0.05) is 32.6 Å². The SMILES string of the molecule is CCCCCCC(C)OCCNC1CCS(=O)(=O)C1. The number of ether oxygens (including phenoxy) is 1. The number of hydrogen-bond donors (Lipinski definition) is 1. The number of sulfone groups is 1. The van der Waals surface area contributed by atoms with Crippen LogP contribution in [0.25, 0.3) is 0 Å². The zero-order chi connectivity index (χ0) is 14.1. The first-order valence-electron chi connectivity index (χ1n) is 7.59. The molecule has 19 heavy (non-hydrogen) atoms. The molecule has 0 aliphatic carbocycles. The van der Waals surface area contributed by atoms with E-state index in [2.05, 4.69) is 19.2 Å². The predicted octanol–water partition coefficient (Wildman–Crippen LogP) is 2.14. The lowest BCUT2D eigenvalue weighted by molar-refractivity contribution is 0.0595. The van der Waals surface area contributed by atoms with Gasteiger partial charge >= 0.3 is 0 Å². The number of nitrogens with one attached hydrogen (secondary N) is 1. The summed E-state index contributed by atoms with van der Waals surface area (Å²) in [5, 5.41) is 3.26. The van der Waals surface area contributed by atoms with Crippen LogP contribution in [-0.2, 0) is 14.6 Å². The molecule has 1 heterocycles. The second-order valence-electron chi connectivity index (χ2n) is 5.58. The van der Waals surface area contributed by atoms with E-state index >= 15 is 0 Å². The van der Waals surface area contributed by atoms with Gasteiger partial charge in [0.05, 0.1) is 24.2 Å². The minimum absolute atomic E-state index is 0.133. The lowest BCUT2D eigenvalue weighted by atomic mass is 10.1.